The molecule has 1 aromatic carbocycles. The quantitative estimate of drug-likeness (QED) is 0.371. The highest BCUT2D eigenvalue weighted by Gasteiger charge is 2.27. The Kier molecular flexibility index (Phi) is 8.35. The van der Waals surface area contributed by atoms with Gasteiger partial charge in [0, 0.05) is 51.9 Å². The number of rotatable bonds is 10. The molecule has 226 valence electrons. The zero-order valence-corrected chi connectivity index (χ0v) is 24.7. The third kappa shape index (κ3) is 6.54. The van der Waals surface area contributed by atoms with Gasteiger partial charge in [0.1, 0.15) is 11.6 Å². The Morgan fingerprint density at radius 1 is 1.05 bits per heavy atom. The fraction of sp³-hybridized carbons (Fsp3) is 0.552. The molecule has 2 aromatic heterocycles. The van der Waals surface area contributed by atoms with Crippen LogP contribution in [0.2, 0.25) is 0 Å². The van der Waals surface area contributed by atoms with E-state index >= 15 is 0 Å². The Morgan fingerprint density at radius 3 is 2.48 bits per heavy atom. The van der Waals surface area contributed by atoms with Crippen LogP contribution in [0.1, 0.15) is 35.4 Å². The average molecular weight is 599 g/mol. The number of hydrogen-bond acceptors (Lipinski definition) is 9. The molecule has 13 heteroatoms. The number of nitrogens with zero attached hydrogens (tertiary/aromatic N) is 6. The van der Waals surface area contributed by atoms with E-state index in [0.29, 0.717) is 44.6 Å². The number of aromatic carboxylic acids is 1. The molecule has 0 bridgehead atoms. The van der Waals surface area contributed by atoms with Crippen LogP contribution in [0.15, 0.2) is 36.4 Å². The van der Waals surface area contributed by atoms with Gasteiger partial charge >= 0.3 is 5.97 Å². The Bertz CT molecular complexity index is 1520. The number of ether oxygens (including phenoxy) is 2. The normalized spacial score (nSPS) is 21.0. The number of imidazole rings is 1. The van der Waals surface area contributed by atoms with Crippen molar-refractivity contribution in [3.05, 3.63) is 47.8 Å². The van der Waals surface area contributed by atoms with E-state index in [9.17, 15) is 18.3 Å². The van der Waals surface area contributed by atoms with Crippen molar-refractivity contribution in [3.8, 4) is 5.88 Å². The fourth-order valence-corrected chi connectivity index (χ4v) is 6.74. The van der Waals surface area contributed by atoms with Gasteiger partial charge in [-0.05, 0) is 49.4 Å². The summed E-state index contributed by atoms with van der Waals surface area (Å²) in [6, 6.07) is 11.0. The van der Waals surface area contributed by atoms with Gasteiger partial charge < -0.3 is 24.0 Å². The number of fused-ring (bicyclic) bond motifs is 1. The average Bonchev–Trinajstić information content (AvgIpc) is 3.30. The van der Waals surface area contributed by atoms with Crippen LogP contribution in [0.25, 0.3) is 11.0 Å². The van der Waals surface area contributed by atoms with Gasteiger partial charge in [-0.25, -0.2) is 22.5 Å². The first kappa shape index (κ1) is 28.8. The summed E-state index contributed by atoms with van der Waals surface area (Å²) in [5.41, 5.74) is 1.89. The standard InChI is InChI=1S/C29H38N6O6S/c1-42(38,39)34-10-7-21(8-11-34)20-41-28-4-2-3-26(31-28)33-14-12-32(13-15-33)19-27-30-24-6-5-22(29(36)37)17-25(24)35(27)18-23-9-16-40-23/h2-6,17,21,23H,7-16,18-20H2,1H3,(H,36,37)/t23-/m0/s1. The van der Waals surface area contributed by atoms with Crippen LogP contribution in [-0.2, 0) is 27.8 Å². The minimum Gasteiger partial charge on any atom is -0.478 e. The van der Waals surface area contributed by atoms with Gasteiger partial charge in [-0.3, -0.25) is 4.90 Å². The molecular weight excluding hydrogens is 560 g/mol. The number of aromatic nitrogens is 3. The lowest BCUT2D eigenvalue weighted by Crippen LogP contribution is -2.46. The van der Waals surface area contributed by atoms with Crippen molar-refractivity contribution in [3.63, 3.8) is 0 Å². The van der Waals surface area contributed by atoms with E-state index in [1.165, 1.54) is 10.6 Å². The van der Waals surface area contributed by atoms with Gasteiger partial charge in [-0.1, -0.05) is 6.07 Å². The first-order valence-corrected chi connectivity index (χ1v) is 16.4. The summed E-state index contributed by atoms with van der Waals surface area (Å²) in [7, 11) is -3.13. The van der Waals surface area contributed by atoms with Crippen molar-refractivity contribution >= 4 is 32.8 Å². The van der Waals surface area contributed by atoms with E-state index in [-0.39, 0.29) is 11.7 Å². The first-order valence-electron chi connectivity index (χ1n) is 14.6. The number of pyridine rings is 1. The zero-order valence-electron chi connectivity index (χ0n) is 23.9. The first-order chi connectivity index (χ1) is 20.2. The maximum Gasteiger partial charge on any atom is 0.335 e. The highest BCUT2D eigenvalue weighted by Crippen LogP contribution is 2.25. The molecule has 0 aliphatic carbocycles. The van der Waals surface area contributed by atoms with Crippen LogP contribution in [0, 0.1) is 5.92 Å². The number of carbonyl (C=O) groups is 1. The van der Waals surface area contributed by atoms with E-state index < -0.39 is 16.0 Å². The number of benzene rings is 1. The molecular formula is C29H38N6O6S. The van der Waals surface area contributed by atoms with Crippen molar-refractivity contribution in [2.24, 2.45) is 5.92 Å². The summed E-state index contributed by atoms with van der Waals surface area (Å²) in [4.78, 5) is 25.9. The van der Waals surface area contributed by atoms with Crippen molar-refractivity contribution in [1.82, 2.24) is 23.7 Å². The second-order valence-corrected chi connectivity index (χ2v) is 13.4. The zero-order chi connectivity index (χ0) is 29.3. The maximum absolute atomic E-state index is 11.8. The molecule has 0 spiro atoms. The fourth-order valence-electron chi connectivity index (χ4n) is 5.87. The molecule has 0 saturated carbocycles. The second-order valence-electron chi connectivity index (χ2n) is 11.4. The van der Waals surface area contributed by atoms with Crippen LogP contribution in [0.4, 0.5) is 5.82 Å². The number of anilines is 1. The van der Waals surface area contributed by atoms with Gasteiger partial charge in [-0.2, -0.15) is 4.98 Å². The van der Waals surface area contributed by atoms with Crippen LogP contribution in [-0.4, -0.2) is 108 Å². The highest BCUT2D eigenvalue weighted by molar-refractivity contribution is 7.88. The predicted molar refractivity (Wildman–Crippen MR) is 157 cm³/mol. The molecule has 6 rings (SSSR count). The summed E-state index contributed by atoms with van der Waals surface area (Å²) < 4.78 is 38.9. The molecule has 0 amide bonds. The third-order valence-electron chi connectivity index (χ3n) is 8.53. The van der Waals surface area contributed by atoms with E-state index in [4.69, 9.17) is 19.4 Å². The lowest BCUT2D eigenvalue weighted by molar-refractivity contribution is -0.0592. The Hall–Kier alpha value is -3.26. The minimum absolute atomic E-state index is 0.132. The van der Waals surface area contributed by atoms with Crippen molar-refractivity contribution in [2.45, 2.75) is 38.5 Å². The van der Waals surface area contributed by atoms with E-state index in [1.54, 1.807) is 18.2 Å². The van der Waals surface area contributed by atoms with Crippen LogP contribution >= 0.6 is 0 Å². The molecule has 12 nitrogen and oxygen atoms in total. The van der Waals surface area contributed by atoms with Crippen LogP contribution in [0.3, 0.4) is 0 Å². The summed E-state index contributed by atoms with van der Waals surface area (Å²) in [5, 5.41) is 9.50. The number of hydrogen-bond donors (Lipinski definition) is 1. The summed E-state index contributed by atoms with van der Waals surface area (Å²) in [6.45, 7) is 7.03. The molecule has 0 radical (unpaired) electrons. The summed E-state index contributed by atoms with van der Waals surface area (Å²) in [5.74, 6) is 1.77. The Labute approximate surface area is 245 Å². The number of carboxylic acid groups (broad SMARTS) is 1. The molecule has 3 saturated heterocycles. The number of carboxylic acids is 1. The molecule has 1 atom stereocenters. The lowest BCUT2D eigenvalue weighted by Gasteiger charge is -2.35. The smallest absolute Gasteiger partial charge is 0.335 e. The maximum atomic E-state index is 11.8. The Balaban J connectivity index is 1.05. The van der Waals surface area contributed by atoms with E-state index in [0.717, 1.165) is 74.7 Å². The number of piperidine rings is 1. The third-order valence-corrected chi connectivity index (χ3v) is 9.84. The minimum atomic E-state index is -3.13. The van der Waals surface area contributed by atoms with Crippen molar-refractivity contribution < 1.29 is 27.8 Å². The molecule has 3 aliphatic heterocycles. The van der Waals surface area contributed by atoms with Gasteiger partial charge in [0.2, 0.25) is 15.9 Å². The number of sulfonamides is 1. The SMILES string of the molecule is CS(=O)(=O)N1CCC(COc2cccc(N3CCN(Cc4nc5ccc(C(=O)O)cc5n4C[C@@H]4CCO4)CC3)n2)CC1. The molecule has 3 fully saturated rings. The van der Waals surface area contributed by atoms with Gasteiger partial charge in [0.15, 0.2) is 0 Å². The topological polar surface area (TPSA) is 130 Å². The predicted octanol–water partition coefficient (Wildman–Crippen LogP) is 2.29. The largest absolute Gasteiger partial charge is 0.478 e. The van der Waals surface area contributed by atoms with E-state index in [2.05, 4.69) is 14.4 Å². The number of piperazine rings is 1. The molecule has 0 unspecified atom stereocenters. The van der Waals surface area contributed by atoms with E-state index in [1.807, 2.05) is 18.2 Å². The lowest BCUT2D eigenvalue weighted by atomic mass is 9.99. The van der Waals surface area contributed by atoms with Gasteiger partial charge in [0.05, 0.1) is 48.7 Å². The van der Waals surface area contributed by atoms with Crippen molar-refractivity contribution in [2.75, 3.05) is 63.6 Å². The molecule has 3 aromatic rings. The highest BCUT2D eigenvalue weighted by atomic mass is 32.2. The molecule has 3 aliphatic rings. The molecule has 5 heterocycles. The molecule has 1 N–H and O–H groups in total. The van der Waals surface area contributed by atoms with Crippen LogP contribution < -0.4 is 9.64 Å². The molecule has 42 heavy (non-hydrogen) atoms. The Morgan fingerprint density at radius 2 is 1.81 bits per heavy atom. The second kappa shape index (κ2) is 12.2. The summed E-state index contributed by atoms with van der Waals surface area (Å²) >= 11 is 0. The summed E-state index contributed by atoms with van der Waals surface area (Å²) in [6.07, 6.45) is 3.97. The van der Waals surface area contributed by atoms with Gasteiger partial charge in [-0.15, -0.1) is 0 Å². The van der Waals surface area contributed by atoms with Gasteiger partial charge in [0.25, 0.3) is 0 Å². The van der Waals surface area contributed by atoms with Crippen molar-refractivity contribution in [1.29, 1.82) is 0 Å². The monoisotopic (exact) mass is 598 g/mol. The van der Waals surface area contributed by atoms with Crippen LogP contribution in [0.5, 0.6) is 5.88 Å².